The van der Waals surface area contributed by atoms with E-state index in [2.05, 4.69) is 22.3 Å². The fraction of sp³-hybridized carbons (Fsp3) is 0.320. The van der Waals surface area contributed by atoms with E-state index in [1.807, 2.05) is 48.1 Å². The number of hydrogen-bond acceptors (Lipinski definition) is 8. The second-order valence-corrected chi connectivity index (χ2v) is 10.1. The van der Waals surface area contributed by atoms with Crippen molar-refractivity contribution in [2.45, 2.75) is 37.8 Å². The normalized spacial score (nSPS) is 18.7. The molecule has 174 valence electrons. The van der Waals surface area contributed by atoms with Crippen LogP contribution in [0.1, 0.15) is 31.7 Å². The molecular formula is C25H26N6O2S. The van der Waals surface area contributed by atoms with Crippen LogP contribution in [0.4, 0.5) is 10.9 Å². The van der Waals surface area contributed by atoms with Gasteiger partial charge in [-0.3, -0.25) is 4.68 Å². The van der Waals surface area contributed by atoms with E-state index in [-0.39, 0.29) is 6.10 Å². The summed E-state index contributed by atoms with van der Waals surface area (Å²) < 4.78 is 9.38. The summed E-state index contributed by atoms with van der Waals surface area (Å²) in [7, 11) is 3.99. The van der Waals surface area contributed by atoms with Crippen molar-refractivity contribution in [3.05, 3.63) is 42.9 Å². The van der Waals surface area contributed by atoms with E-state index in [4.69, 9.17) is 15.1 Å². The number of furan rings is 1. The van der Waals surface area contributed by atoms with Crippen molar-refractivity contribution in [2.75, 3.05) is 24.7 Å². The number of thiazole rings is 1. The zero-order valence-electron chi connectivity index (χ0n) is 19.1. The Labute approximate surface area is 200 Å². The Bertz CT molecular complexity index is 1490. The Kier molecular flexibility index (Phi) is 5.04. The minimum Gasteiger partial charge on any atom is -0.452 e. The summed E-state index contributed by atoms with van der Waals surface area (Å²) in [6, 6.07) is 8.42. The zero-order chi connectivity index (χ0) is 23.4. The molecule has 5 aromatic rings. The van der Waals surface area contributed by atoms with Gasteiger partial charge < -0.3 is 20.2 Å². The van der Waals surface area contributed by atoms with Crippen molar-refractivity contribution >= 4 is 43.5 Å². The van der Waals surface area contributed by atoms with Crippen LogP contribution in [0, 0.1) is 0 Å². The van der Waals surface area contributed by atoms with Crippen LogP contribution >= 0.6 is 11.3 Å². The molecule has 1 saturated carbocycles. The molecule has 1 aliphatic rings. The molecule has 0 bridgehead atoms. The highest BCUT2D eigenvalue weighted by Crippen LogP contribution is 2.41. The van der Waals surface area contributed by atoms with Crippen molar-refractivity contribution < 1.29 is 9.52 Å². The predicted molar refractivity (Wildman–Crippen MR) is 136 cm³/mol. The monoisotopic (exact) mass is 474 g/mol. The van der Waals surface area contributed by atoms with Crippen molar-refractivity contribution in [3.8, 4) is 22.5 Å². The minimum atomic E-state index is -0.187. The van der Waals surface area contributed by atoms with Crippen molar-refractivity contribution in [3.63, 3.8) is 0 Å². The van der Waals surface area contributed by atoms with Gasteiger partial charge in [0.25, 0.3) is 0 Å². The van der Waals surface area contributed by atoms with E-state index in [1.54, 1.807) is 17.5 Å². The van der Waals surface area contributed by atoms with Gasteiger partial charge in [0.1, 0.15) is 5.76 Å². The Hall–Kier alpha value is -3.43. The Morgan fingerprint density at radius 1 is 1.15 bits per heavy atom. The number of hydrogen-bond donors (Lipinski definition) is 2. The number of nitrogens with zero attached hydrogens (tertiary/aromatic N) is 5. The van der Waals surface area contributed by atoms with Gasteiger partial charge >= 0.3 is 0 Å². The molecule has 1 aliphatic carbocycles. The number of anilines is 2. The van der Waals surface area contributed by atoms with Gasteiger partial charge in [0, 0.05) is 48.6 Å². The van der Waals surface area contributed by atoms with Crippen LogP contribution < -0.4 is 10.6 Å². The Balaban J connectivity index is 1.43. The van der Waals surface area contributed by atoms with Gasteiger partial charge in [-0.2, -0.15) is 5.10 Å². The van der Waals surface area contributed by atoms with E-state index < -0.39 is 0 Å². The zero-order valence-corrected chi connectivity index (χ0v) is 19.9. The van der Waals surface area contributed by atoms with Crippen LogP contribution in [0.2, 0.25) is 0 Å². The molecule has 9 heteroatoms. The van der Waals surface area contributed by atoms with E-state index in [1.165, 1.54) is 0 Å². The molecule has 0 radical (unpaired) electrons. The van der Waals surface area contributed by atoms with Crippen LogP contribution in [0.5, 0.6) is 0 Å². The minimum absolute atomic E-state index is 0.187. The van der Waals surface area contributed by atoms with E-state index in [0.29, 0.717) is 17.4 Å². The lowest BCUT2D eigenvalue weighted by Crippen LogP contribution is -2.21. The number of aromatic nitrogens is 4. The number of fused-ring (bicyclic) bond motifs is 2. The average Bonchev–Trinajstić information content (AvgIpc) is 3.57. The summed E-state index contributed by atoms with van der Waals surface area (Å²) in [5.74, 6) is 1.10. The topological polar surface area (TPSA) is 106 Å². The van der Waals surface area contributed by atoms with Crippen molar-refractivity contribution in [1.29, 1.82) is 0 Å². The molecule has 0 aliphatic heterocycles. The third-order valence-electron chi connectivity index (χ3n) is 6.59. The summed E-state index contributed by atoms with van der Waals surface area (Å²) in [4.78, 5) is 11.1. The summed E-state index contributed by atoms with van der Waals surface area (Å²) in [6.07, 6.45) is 9.04. The van der Waals surface area contributed by atoms with E-state index >= 15 is 0 Å². The third-order valence-corrected chi connectivity index (χ3v) is 7.86. The van der Waals surface area contributed by atoms with Gasteiger partial charge in [-0.1, -0.05) is 17.4 Å². The number of aliphatic hydroxyl groups is 1. The molecule has 0 saturated heterocycles. The van der Waals surface area contributed by atoms with Gasteiger partial charge in [0.05, 0.1) is 28.6 Å². The summed E-state index contributed by atoms with van der Waals surface area (Å²) in [5.41, 5.74) is 10.6. The highest BCUT2D eigenvalue weighted by atomic mass is 32.1. The Morgan fingerprint density at radius 3 is 2.76 bits per heavy atom. The molecule has 0 atom stereocenters. The summed E-state index contributed by atoms with van der Waals surface area (Å²) in [5, 5.41) is 16.3. The van der Waals surface area contributed by atoms with Gasteiger partial charge in [0.2, 0.25) is 0 Å². The lowest BCUT2D eigenvalue weighted by atomic mass is 9.93. The van der Waals surface area contributed by atoms with E-state index in [9.17, 15) is 5.11 Å². The highest BCUT2D eigenvalue weighted by molar-refractivity contribution is 7.22. The molecule has 0 spiro atoms. The van der Waals surface area contributed by atoms with Crippen LogP contribution in [0.25, 0.3) is 43.6 Å². The first-order valence-electron chi connectivity index (χ1n) is 11.5. The maximum Gasteiger partial charge on any atom is 0.185 e. The molecule has 3 N–H and O–H groups in total. The smallest absolute Gasteiger partial charge is 0.185 e. The van der Waals surface area contributed by atoms with Gasteiger partial charge in [-0.15, -0.1) is 0 Å². The Morgan fingerprint density at radius 2 is 1.97 bits per heavy atom. The number of nitrogen functional groups attached to an aromatic ring is 1. The number of pyridine rings is 1. The lowest BCUT2D eigenvalue weighted by molar-refractivity contribution is 0.108. The SMILES string of the molecule is CN(C)c1nc2cccc(-c3cc4c(-c5cnn([C@H]6CC[C@H](O)CC6)c5)cnc(N)c4o3)c2s1. The van der Waals surface area contributed by atoms with Gasteiger partial charge in [0.15, 0.2) is 16.5 Å². The number of nitrogens with two attached hydrogens (primary N) is 1. The molecule has 4 aromatic heterocycles. The fourth-order valence-electron chi connectivity index (χ4n) is 4.73. The van der Waals surface area contributed by atoms with Crippen molar-refractivity contribution in [1.82, 2.24) is 19.7 Å². The van der Waals surface area contributed by atoms with Crippen LogP contribution in [0.3, 0.4) is 0 Å². The highest BCUT2D eigenvalue weighted by Gasteiger charge is 2.23. The summed E-state index contributed by atoms with van der Waals surface area (Å²) in [6.45, 7) is 0. The quantitative estimate of drug-likeness (QED) is 0.373. The largest absolute Gasteiger partial charge is 0.452 e. The molecule has 6 rings (SSSR count). The number of rotatable bonds is 4. The predicted octanol–water partition coefficient (Wildman–Crippen LogP) is 5.09. The van der Waals surface area contributed by atoms with Crippen molar-refractivity contribution in [2.24, 2.45) is 0 Å². The lowest BCUT2D eigenvalue weighted by Gasteiger charge is -2.25. The maximum atomic E-state index is 9.83. The first-order valence-corrected chi connectivity index (χ1v) is 12.3. The molecular weight excluding hydrogens is 448 g/mol. The maximum absolute atomic E-state index is 9.83. The molecule has 8 nitrogen and oxygen atoms in total. The number of benzene rings is 1. The molecule has 1 aromatic carbocycles. The number of aliphatic hydroxyl groups excluding tert-OH is 1. The molecule has 1 fully saturated rings. The van der Waals surface area contributed by atoms with E-state index in [0.717, 1.165) is 68.9 Å². The first kappa shape index (κ1) is 21.1. The third kappa shape index (κ3) is 3.52. The summed E-state index contributed by atoms with van der Waals surface area (Å²) >= 11 is 1.64. The average molecular weight is 475 g/mol. The fourth-order valence-corrected chi connectivity index (χ4v) is 5.73. The van der Waals surface area contributed by atoms with Crippen LogP contribution in [-0.4, -0.2) is 45.1 Å². The molecule has 0 amide bonds. The van der Waals surface area contributed by atoms with Crippen LogP contribution in [-0.2, 0) is 0 Å². The second kappa shape index (κ2) is 8.11. The van der Waals surface area contributed by atoms with Gasteiger partial charge in [-0.05, 0) is 43.9 Å². The van der Waals surface area contributed by atoms with Crippen LogP contribution in [0.15, 0.2) is 47.3 Å². The molecule has 4 heterocycles. The first-order chi connectivity index (χ1) is 16.5. The molecule has 34 heavy (non-hydrogen) atoms. The standard InChI is InChI=1S/C25H26N6O2S/c1-30(2)25-29-20-5-3-4-17(23(20)34-25)21-10-18-19(12-27-24(26)22(18)33-21)14-11-28-31(13-14)15-6-8-16(32)9-7-15/h3-5,10-13,15-16,32H,6-9H2,1-2H3,(H2,26,27)/t15-,16-. The second-order valence-electron chi connectivity index (χ2n) is 9.13. The van der Waals surface area contributed by atoms with Gasteiger partial charge in [-0.25, -0.2) is 9.97 Å². The molecule has 0 unspecified atom stereocenters.